The number of halogens is 3. The first kappa shape index (κ1) is 19.5. The fraction of sp³-hybridized carbons (Fsp3) is 0.550. The van der Waals surface area contributed by atoms with Crippen LogP contribution in [0.5, 0.6) is 0 Å². The lowest BCUT2D eigenvalue weighted by molar-refractivity contribution is -0.145. The fourth-order valence-corrected chi connectivity index (χ4v) is 5.34. The van der Waals surface area contributed by atoms with E-state index in [0.717, 1.165) is 37.6 Å². The van der Waals surface area contributed by atoms with Gasteiger partial charge in [0.25, 0.3) is 0 Å². The van der Waals surface area contributed by atoms with Crippen LogP contribution in [0.1, 0.15) is 44.3 Å². The molecule has 0 unspecified atom stereocenters. The molecule has 1 aliphatic heterocycles. The number of carbonyl (C=O) groups is 1. The largest absolute Gasteiger partial charge is 0.451 e. The number of carbonyl (C=O) groups excluding carboxylic acids is 1. The Morgan fingerprint density at radius 1 is 1.11 bits per heavy atom. The molecule has 1 aliphatic carbocycles. The number of alkyl halides is 3. The van der Waals surface area contributed by atoms with E-state index < -0.39 is 12.0 Å². The molecule has 1 aromatic heterocycles. The number of hydrogen-bond acceptors (Lipinski definition) is 4. The van der Waals surface area contributed by atoms with Crippen LogP contribution >= 0.6 is 11.8 Å². The fourth-order valence-electron chi connectivity index (χ4n) is 4.43. The summed E-state index contributed by atoms with van der Waals surface area (Å²) in [7, 11) is 0. The summed E-state index contributed by atoms with van der Waals surface area (Å²) in [4.78, 5) is 22.2. The second-order valence-corrected chi connectivity index (χ2v) is 8.46. The molecule has 150 valence electrons. The van der Waals surface area contributed by atoms with Crippen LogP contribution < -0.4 is 0 Å². The van der Waals surface area contributed by atoms with Crippen LogP contribution in [0.15, 0.2) is 29.3 Å². The molecule has 1 saturated heterocycles. The highest BCUT2D eigenvalue weighted by Gasteiger charge is 2.37. The summed E-state index contributed by atoms with van der Waals surface area (Å²) < 4.78 is 39.5. The Morgan fingerprint density at radius 2 is 1.86 bits per heavy atom. The highest BCUT2D eigenvalue weighted by Crippen LogP contribution is 2.36. The number of piperidine rings is 1. The van der Waals surface area contributed by atoms with Gasteiger partial charge in [-0.15, -0.1) is 0 Å². The SMILES string of the molecule is O=C(CSc1nc(C(F)(F)F)nc2ccccc12)N1CCC[C@H]2CCCC[C@@H]21. The Kier molecular flexibility index (Phi) is 5.49. The number of aromatic nitrogens is 2. The molecule has 2 fully saturated rings. The minimum atomic E-state index is -4.62. The van der Waals surface area contributed by atoms with Crippen molar-refractivity contribution in [1.29, 1.82) is 0 Å². The Hall–Kier alpha value is -1.83. The number of hydrogen-bond donors (Lipinski definition) is 0. The van der Waals surface area contributed by atoms with Gasteiger partial charge in [0.1, 0.15) is 5.03 Å². The van der Waals surface area contributed by atoms with E-state index in [-0.39, 0.29) is 22.2 Å². The second-order valence-electron chi connectivity index (χ2n) is 7.50. The average Bonchev–Trinajstić information content (AvgIpc) is 2.70. The van der Waals surface area contributed by atoms with E-state index in [1.807, 2.05) is 4.90 Å². The molecule has 0 bridgehead atoms. The molecule has 4 nitrogen and oxygen atoms in total. The smallest absolute Gasteiger partial charge is 0.339 e. The van der Waals surface area contributed by atoms with Gasteiger partial charge < -0.3 is 4.90 Å². The van der Waals surface area contributed by atoms with Crippen LogP contribution in [0, 0.1) is 5.92 Å². The molecule has 0 N–H and O–H groups in total. The average molecular weight is 409 g/mol. The van der Waals surface area contributed by atoms with Gasteiger partial charge in [0.15, 0.2) is 0 Å². The summed E-state index contributed by atoms with van der Waals surface area (Å²) >= 11 is 1.08. The van der Waals surface area contributed by atoms with E-state index >= 15 is 0 Å². The number of fused-ring (bicyclic) bond motifs is 2. The minimum Gasteiger partial charge on any atom is -0.339 e. The predicted molar refractivity (Wildman–Crippen MR) is 102 cm³/mol. The lowest BCUT2D eigenvalue weighted by atomic mass is 9.78. The summed E-state index contributed by atoms with van der Waals surface area (Å²) in [6, 6.07) is 6.91. The van der Waals surface area contributed by atoms with Gasteiger partial charge in [0.05, 0.1) is 11.3 Å². The van der Waals surface area contributed by atoms with Gasteiger partial charge in [-0.3, -0.25) is 4.79 Å². The van der Waals surface area contributed by atoms with E-state index in [0.29, 0.717) is 17.3 Å². The zero-order valence-electron chi connectivity index (χ0n) is 15.4. The number of nitrogens with zero attached hydrogens (tertiary/aromatic N) is 3. The second kappa shape index (κ2) is 7.89. The maximum atomic E-state index is 13.2. The van der Waals surface area contributed by atoms with E-state index in [4.69, 9.17) is 0 Å². The Morgan fingerprint density at radius 3 is 2.68 bits per heavy atom. The molecule has 8 heteroatoms. The number of likely N-dealkylation sites (tertiary alicyclic amines) is 1. The minimum absolute atomic E-state index is 0.00199. The first-order valence-corrected chi connectivity index (χ1v) is 10.7. The first-order chi connectivity index (χ1) is 13.4. The van der Waals surface area contributed by atoms with E-state index in [9.17, 15) is 18.0 Å². The molecular formula is C20H22F3N3OS. The van der Waals surface area contributed by atoms with Crippen molar-refractivity contribution in [1.82, 2.24) is 14.9 Å². The molecule has 2 atom stereocenters. The van der Waals surface area contributed by atoms with Crippen LogP contribution in [0.4, 0.5) is 13.2 Å². The van der Waals surface area contributed by atoms with E-state index in [1.54, 1.807) is 18.2 Å². The van der Waals surface area contributed by atoms with Crippen molar-refractivity contribution in [2.45, 2.75) is 55.8 Å². The first-order valence-electron chi connectivity index (χ1n) is 9.70. The van der Waals surface area contributed by atoms with Crippen LogP contribution in [-0.4, -0.2) is 39.1 Å². The van der Waals surface area contributed by atoms with Gasteiger partial charge in [-0.1, -0.05) is 42.8 Å². The maximum Gasteiger partial charge on any atom is 0.451 e. The number of benzene rings is 1. The van der Waals surface area contributed by atoms with Gasteiger partial charge in [-0.25, -0.2) is 9.97 Å². The normalized spacial score (nSPS) is 22.9. The molecule has 28 heavy (non-hydrogen) atoms. The van der Waals surface area contributed by atoms with Gasteiger partial charge in [-0.2, -0.15) is 13.2 Å². The van der Waals surface area contributed by atoms with Crippen molar-refractivity contribution in [2.24, 2.45) is 5.92 Å². The molecule has 0 spiro atoms. The van der Waals surface area contributed by atoms with Gasteiger partial charge in [-0.05, 0) is 37.7 Å². The summed E-state index contributed by atoms with van der Waals surface area (Å²) in [5.74, 6) is -0.487. The van der Waals surface area contributed by atoms with E-state index in [1.165, 1.54) is 25.3 Å². The Labute approximate surface area is 165 Å². The third-order valence-corrected chi connectivity index (χ3v) is 6.69. The summed E-state index contributed by atoms with van der Waals surface area (Å²) in [6.45, 7) is 0.749. The van der Waals surface area contributed by atoms with Crippen LogP contribution in [-0.2, 0) is 11.0 Å². The van der Waals surface area contributed by atoms with Crippen molar-refractivity contribution >= 4 is 28.6 Å². The van der Waals surface area contributed by atoms with Crippen molar-refractivity contribution in [2.75, 3.05) is 12.3 Å². The highest BCUT2D eigenvalue weighted by molar-refractivity contribution is 8.00. The van der Waals surface area contributed by atoms with Crippen molar-refractivity contribution in [3.63, 3.8) is 0 Å². The van der Waals surface area contributed by atoms with Gasteiger partial charge >= 0.3 is 6.18 Å². The molecule has 1 aromatic carbocycles. The summed E-state index contributed by atoms with van der Waals surface area (Å²) in [5, 5.41) is 0.756. The molecule has 2 aromatic rings. The summed E-state index contributed by atoms with van der Waals surface area (Å²) in [5.41, 5.74) is 0.241. The molecule has 4 rings (SSSR count). The van der Waals surface area contributed by atoms with Crippen LogP contribution in [0.25, 0.3) is 10.9 Å². The predicted octanol–water partition coefficient (Wildman–Crippen LogP) is 4.92. The van der Waals surface area contributed by atoms with Gasteiger partial charge in [0, 0.05) is 18.0 Å². The van der Waals surface area contributed by atoms with E-state index in [2.05, 4.69) is 9.97 Å². The van der Waals surface area contributed by atoms with Crippen molar-refractivity contribution < 1.29 is 18.0 Å². The quantitative estimate of drug-likeness (QED) is 0.533. The van der Waals surface area contributed by atoms with Crippen molar-refractivity contribution in [3.05, 3.63) is 30.1 Å². The highest BCUT2D eigenvalue weighted by atomic mass is 32.2. The molecule has 1 amide bonds. The third-order valence-electron chi connectivity index (χ3n) is 5.72. The van der Waals surface area contributed by atoms with Crippen LogP contribution in [0.3, 0.4) is 0 Å². The Bertz CT molecular complexity index is 871. The summed E-state index contributed by atoms with van der Waals surface area (Å²) in [6.07, 6.45) is 2.14. The topological polar surface area (TPSA) is 46.1 Å². The number of thioether (sulfide) groups is 1. The lowest BCUT2D eigenvalue weighted by Crippen LogP contribution is -2.50. The van der Waals surface area contributed by atoms with Crippen molar-refractivity contribution in [3.8, 4) is 0 Å². The molecule has 2 heterocycles. The zero-order chi connectivity index (χ0) is 19.7. The van der Waals surface area contributed by atoms with Gasteiger partial charge in [0.2, 0.25) is 11.7 Å². The standard InChI is InChI=1S/C20H22F3N3OS/c21-20(22,23)19-24-15-9-3-2-8-14(15)18(25-19)28-12-17(27)26-11-5-7-13-6-1-4-10-16(13)26/h2-3,8-9,13,16H,1,4-7,10-12H2/t13-,16+/m1/s1. The third kappa shape index (κ3) is 3.97. The number of amides is 1. The molecule has 1 saturated carbocycles. The number of rotatable bonds is 3. The molecule has 0 radical (unpaired) electrons. The zero-order valence-corrected chi connectivity index (χ0v) is 16.2. The molecular weight excluding hydrogens is 387 g/mol. The Balaban J connectivity index is 1.54. The maximum absolute atomic E-state index is 13.2. The lowest BCUT2D eigenvalue weighted by Gasteiger charge is -2.44. The monoisotopic (exact) mass is 409 g/mol. The van der Waals surface area contributed by atoms with Crippen LogP contribution in [0.2, 0.25) is 0 Å². The molecule has 2 aliphatic rings. The number of para-hydroxylation sites is 1.